The molecule has 23 heavy (non-hydrogen) atoms. The first-order valence-electron chi connectivity index (χ1n) is 7.78. The van der Waals surface area contributed by atoms with E-state index in [0.717, 1.165) is 12.1 Å². The van der Waals surface area contributed by atoms with Gasteiger partial charge in [0.1, 0.15) is 5.56 Å². The fourth-order valence-electron chi connectivity index (χ4n) is 2.93. The minimum Gasteiger partial charge on any atom is -0.325 e. The van der Waals surface area contributed by atoms with Gasteiger partial charge in [-0.3, -0.25) is 14.4 Å². The second-order valence-corrected chi connectivity index (χ2v) is 5.57. The lowest BCUT2D eigenvalue weighted by Gasteiger charge is -2.22. The van der Waals surface area contributed by atoms with E-state index in [-0.39, 0.29) is 17.3 Å². The number of aromatic amines is 1. The third-order valence-electron chi connectivity index (χ3n) is 4.11. The maximum atomic E-state index is 12.8. The van der Waals surface area contributed by atoms with Gasteiger partial charge < -0.3 is 9.88 Å². The van der Waals surface area contributed by atoms with Crippen LogP contribution in [0.5, 0.6) is 0 Å². The Hall–Kier alpha value is -2.69. The summed E-state index contributed by atoms with van der Waals surface area (Å²) in [6, 6.07) is 10.6. The molecule has 0 saturated carbocycles. The lowest BCUT2D eigenvalue weighted by atomic mass is 9.93. The SMILES string of the molecule is CCN(C(=O)c1cc2c([nH]c1=O)CCCC2=O)c1ccccc1. The van der Waals surface area contributed by atoms with Crippen LogP contribution in [0.2, 0.25) is 0 Å². The largest absolute Gasteiger partial charge is 0.325 e. The van der Waals surface area contributed by atoms with E-state index < -0.39 is 5.56 Å². The van der Waals surface area contributed by atoms with Crippen molar-refractivity contribution in [2.75, 3.05) is 11.4 Å². The molecule has 2 aromatic rings. The number of aromatic nitrogens is 1. The van der Waals surface area contributed by atoms with Crippen LogP contribution in [0.25, 0.3) is 0 Å². The van der Waals surface area contributed by atoms with Crippen LogP contribution < -0.4 is 10.5 Å². The third-order valence-corrected chi connectivity index (χ3v) is 4.11. The summed E-state index contributed by atoms with van der Waals surface area (Å²) >= 11 is 0. The number of H-pyrrole nitrogens is 1. The highest BCUT2D eigenvalue weighted by Gasteiger charge is 2.24. The number of nitrogens with zero attached hydrogens (tertiary/aromatic N) is 1. The molecule has 1 heterocycles. The summed E-state index contributed by atoms with van der Waals surface area (Å²) in [5.74, 6) is -0.402. The molecular weight excluding hydrogens is 292 g/mol. The van der Waals surface area contributed by atoms with E-state index in [0.29, 0.717) is 30.6 Å². The third kappa shape index (κ3) is 2.82. The molecule has 5 nitrogen and oxygen atoms in total. The molecule has 0 bridgehead atoms. The minimum absolute atomic E-state index is 0.0145. The summed E-state index contributed by atoms with van der Waals surface area (Å²) < 4.78 is 0. The van der Waals surface area contributed by atoms with Crippen molar-refractivity contribution in [3.63, 3.8) is 0 Å². The van der Waals surface area contributed by atoms with E-state index in [1.165, 1.54) is 11.0 Å². The molecule has 1 aliphatic rings. The molecule has 5 heteroatoms. The summed E-state index contributed by atoms with van der Waals surface area (Å²) in [6.45, 7) is 2.29. The van der Waals surface area contributed by atoms with Crippen molar-refractivity contribution in [3.8, 4) is 0 Å². The predicted octanol–water partition coefficient (Wildman–Crippen LogP) is 2.56. The fraction of sp³-hybridized carbons (Fsp3) is 0.278. The number of nitrogens with one attached hydrogen (secondary N) is 1. The Morgan fingerprint density at radius 1 is 1.17 bits per heavy atom. The summed E-state index contributed by atoms with van der Waals surface area (Å²) in [6.07, 6.45) is 1.87. The molecule has 0 radical (unpaired) electrons. The summed E-state index contributed by atoms with van der Waals surface area (Å²) in [5, 5.41) is 0. The van der Waals surface area contributed by atoms with Crippen LogP contribution in [-0.4, -0.2) is 23.2 Å². The predicted molar refractivity (Wildman–Crippen MR) is 88.1 cm³/mol. The monoisotopic (exact) mass is 310 g/mol. The molecule has 1 N–H and O–H groups in total. The van der Waals surface area contributed by atoms with Crippen LogP contribution in [0.15, 0.2) is 41.2 Å². The normalized spacial score (nSPS) is 13.5. The quantitative estimate of drug-likeness (QED) is 0.947. The van der Waals surface area contributed by atoms with Crippen LogP contribution >= 0.6 is 0 Å². The number of Topliss-reactive ketones (excluding diaryl/α,β-unsaturated/α-hetero) is 1. The average molecular weight is 310 g/mol. The number of ketones is 1. The van der Waals surface area contributed by atoms with Crippen LogP contribution in [0.1, 0.15) is 46.2 Å². The molecule has 0 unspecified atom stereocenters. The van der Waals surface area contributed by atoms with E-state index in [1.807, 2.05) is 37.3 Å². The van der Waals surface area contributed by atoms with E-state index in [1.54, 1.807) is 0 Å². The first-order valence-corrected chi connectivity index (χ1v) is 7.78. The number of benzene rings is 1. The molecule has 0 aliphatic heterocycles. The first-order chi connectivity index (χ1) is 11.1. The Bertz CT molecular complexity index is 809. The van der Waals surface area contributed by atoms with Gasteiger partial charge in [0.2, 0.25) is 0 Å². The molecule has 0 saturated heterocycles. The maximum absolute atomic E-state index is 12.8. The van der Waals surface area contributed by atoms with E-state index in [2.05, 4.69) is 4.98 Å². The van der Waals surface area contributed by atoms with Crippen molar-refractivity contribution in [2.24, 2.45) is 0 Å². The highest BCUT2D eigenvalue weighted by molar-refractivity contribution is 6.08. The standard InChI is InChI=1S/C18H18N2O3/c1-2-20(12-7-4-3-5-8-12)18(23)14-11-13-15(19-17(14)22)9-6-10-16(13)21/h3-5,7-8,11H,2,6,9-10H2,1H3,(H,19,22). The molecule has 0 spiro atoms. The van der Waals surface area contributed by atoms with Crippen LogP contribution in [0.3, 0.4) is 0 Å². The number of anilines is 1. The zero-order valence-corrected chi connectivity index (χ0v) is 13.0. The van der Waals surface area contributed by atoms with E-state index >= 15 is 0 Å². The van der Waals surface area contributed by atoms with E-state index in [4.69, 9.17) is 0 Å². The van der Waals surface area contributed by atoms with Gasteiger partial charge in [-0.05, 0) is 38.0 Å². The van der Waals surface area contributed by atoms with Gasteiger partial charge in [0, 0.05) is 29.9 Å². The molecule has 1 aliphatic carbocycles. The zero-order chi connectivity index (χ0) is 16.4. The topological polar surface area (TPSA) is 70.2 Å². The number of amides is 1. The highest BCUT2D eigenvalue weighted by atomic mass is 16.2. The molecule has 1 amide bonds. The molecule has 0 atom stereocenters. The Morgan fingerprint density at radius 3 is 2.61 bits per heavy atom. The highest BCUT2D eigenvalue weighted by Crippen LogP contribution is 2.20. The number of fused-ring (bicyclic) bond motifs is 1. The fourth-order valence-corrected chi connectivity index (χ4v) is 2.93. The van der Waals surface area contributed by atoms with Crippen LogP contribution in [0, 0.1) is 0 Å². The Balaban J connectivity index is 2.04. The van der Waals surface area contributed by atoms with Gasteiger partial charge >= 0.3 is 0 Å². The molecular formula is C18H18N2O3. The maximum Gasteiger partial charge on any atom is 0.263 e. The van der Waals surface area contributed by atoms with Gasteiger partial charge in [0.25, 0.3) is 11.5 Å². The van der Waals surface area contributed by atoms with Crippen molar-refractivity contribution >= 4 is 17.4 Å². The lowest BCUT2D eigenvalue weighted by Crippen LogP contribution is -2.35. The van der Waals surface area contributed by atoms with Crippen molar-refractivity contribution in [3.05, 3.63) is 63.6 Å². The van der Waals surface area contributed by atoms with Gasteiger partial charge in [-0.2, -0.15) is 0 Å². The van der Waals surface area contributed by atoms with Crippen LogP contribution in [-0.2, 0) is 6.42 Å². The van der Waals surface area contributed by atoms with Gasteiger partial charge in [-0.1, -0.05) is 18.2 Å². The second-order valence-electron chi connectivity index (χ2n) is 5.57. The Morgan fingerprint density at radius 2 is 1.91 bits per heavy atom. The van der Waals surface area contributed by atoms with Crippen molar-refractivity contribution < 1.29 is 9.59 Å². The summed E-state index contributed by atoms with van der Waals surface area (Å²) in [4.78, 5) is 41.3. The van der Waals surface area contributed by atoms with Crippen molar-refractivity contribution in [2.45, 2.75) is 26.2 Å². The zero-order valence-electron chi connectivity index (χ0n) is 13.0. The number of carbonyl (C=O) groups is 2. The number of pyridine rings is 1. The molecule has 1 aromatic heterocycles. The Labute approximate surface area is 134 Å². The van der Waals surface area contributed by atoms with Crippen LogP contribution in [0.4, 0.5) is 5.69 Å². The van der Waals surface area contributed by atoms with Crippen molar-refractivity contribution in [1.29, 1.82) is 0 Å². The minimum atomic E-state index is -0.433. The number of aryl methyl sites for hydroxylation is 1. The van der Waals surface area contributed by atoms with Gasteiger partial charge in [-0.15, -0.1) is 0 Å². The van der Waals surface area contributed by atoms with Gasteiger partial charge in [0.15, 0.2) is 5.78 Å². The smallest absolute Gasteiger partial charge is 0.263 e. The number of hydrogen-bond donors (Lipinski definition) is 1. The molecule has 1 aromatic carbocycles. The van der Waals surface area contributed by atoms with E-state index in [9.17, 15) is 14.4 Å². The Kier molecular flexibility index (Phi) is 4.10. The van der Waals surface area contributed by atoms with Gasteiger partial charge in [-0.25, -0.2) is 0 Å². The number of hydrogen-bond acceptors (Lipinski definition) is 3. The number of rotatable bonds is 3. The van der Waals surface area contributed by atoms with Crippen molar-refractivity contribution in [1.82, 2.24) is 4.98 Å². The first kappa shape index (κ1) is 15.2. The van der Waals surface area contributed by atoms with Gasteiger partial charge in [0.05, 0.1) is 0 Å². The molecule has 0 fully saturated rings. The molecule has 118 valence electrons. The molecule has 3 rings (SSSR count). The summed E-state index contributed by atoms with van der Waals surface area (Å²) in [5.41, 5.74) is 1.43. The average Bonchev–Trinajstić information content (AvgIpc) is 2.56. The lowest BCUT2D eigenvalue weighted by molar-refractivity contribution is 0.0971. The number of para-hydroxylation sites is 1. The summed E-state index contributed by atoms with van der Waals surface area (Å²) in [7, 11) is 0. The number of carbonyl (C=O) groups excluding carboxylic acids is 2. The second kappa shape index (κ2) is 6.20.